The summed E-state index contributed by atoms with van der Waals surface area (Å²) in [4.78, 5) is 23.9. The first kappa shape index (κ1) is 18.0. The number of hydrogen-bond donors (Lipinski definition) is 2. The van der Waals surface area contributed by atoms with Crippen LogP contribution in [0.3, 0.4) is 0 Å². The van der Waals surface area contributed by atoms with Crippen LogP contribution in [0.2, 0.25) is 0 Å². The van der Waals surface area contributed by atoms with Crippen LogP contribution in [-0.2, 0) is 4.79 Å². The molecule has 1 saturated heterocycles. The van der Waals surface area contributed by atoms with Gasteiger partial charge in [-0.3, -0.25) is 9.69 Å². The number of aromatic amines is 1. The van der Waals surface area contributed by atoms with Crippen LogP contribution in [-0.4, -0.2) is 47.0 Å². The molecule has 0 bridgehead atoms. The number of carbonyl (C=O) groups excluding carboxylic acids is 1. The molecule has 142 valence electrons. The number of hydrogen-bond acceptors (Lipinski definition) is 6. The molecule has 1 aromatic carbocycles. The lowest BCUT2D eigenvalue weighted by atomic mass is 9.89. The van der Waals surface area contributed by atoms with Gasteiger partial charge in [-0.15, -0.1) is 11.3 Å². The number of thiazole rings is 1. The third-order valence-corrected chi connectivity index (χ3v) is 5.87. The summed E-state index contributed by atoms with van der Waals surface area (Å²) in [6, 6.07) is 6.06. The number of ketones is 1. The van der Waals surface area contributed by atoms with E-state index < -0.39 is 0 Å². The van der Waals surface area contributed by atoms with E-state index >= 15 is 0 Å². The fourth-order valence-corrected chi connectivity index (χ4v) is 4.52. The van der Waals surface area contributed by atoms with E-state index in [2.05, 4.69) is 38.1 Å². The number of carbonyl (C=O) groups is 1. The highest BCUT2D eigenvalue weighted by Crippen LogP contribution is 2.34. The molecule has 0 spiro atoms. The molecule has 0 radical (unpaired) electrons. The molecule has 3 aromatic rings. The second-order valence-electron chi connectivity index (χ2n) is 7.33. The largest absolute Gasteiger partial charge is 0.399 e. The van der Waals surface area contributed by atoms with Crippen molar-refractivity contribution in [2.45, 2.75) is 25.7 Å². The van der Waals surface area contributed by atoms with Gasteiger partial charge in [-0.05, 0) is 49.4 Å². The highest BCUT2D eigenvalue weighted by Gasteiger charge is 2.24. The standard InChI is InChI=1S/C20H25N5OS/c1-14(26)10-25(20-11-27-12-23-20)13-24-6-4-15(5-7-24)18-9-22-19-3-2-16(21)8-17(18)19/h2-3,8-9,11-12,15,22H,4-7,10,13,21H2,1H3. The van der Waals surface area contributed by atoms with Crippen molar-refractivity contribution < 1.29 is 4.79 Å². The van der Waals surface area contributed by atoms with E-state index in [1.807, 2.05) is 17.0 Å². The Labute approximate surface area is 163 Å². The first-order valence-corrected chi connectivity index (χ1v) is 10.3. The predicted molar refractivity (Wildman–Crippen MR) is 111 cm³/mol. The Morgan fingerprint density at radius 3 is 2.93 bits per heavy atom. The van der Waals surface area contributed by atoms with E-state index in [4.69, 9.17) is 5.73 Å². The summed E-state index contributed by atoms with van der Waals surface area (Å²) in [5, 5.41) is 3.25. The number of H-pyrrole nitrogens is 1. The van der Waals surface area contributed by atoms with Crippen molar-refractivity contribution in [3.63, 3.8) is 0 Å². The highest BCUT2D eigenvalue weighted by molar-refractivity contribution is 7.07. The van der Waals surface area contributed by atoms with Gasteiger partial charge >= 0.3 is 0 Å². The molecule has 1 aliphatic heterocycles. The van der Waals surface area contributed by atoms with Gasteiger partial charge in [0.05, 0.1) is 18.7 Å². The van der Waals surface area contributed by atoms with Gasteiger partial charge in [0.15, 0.2) is 0 Å². The maximum Gasteiger partial charge on any atom is 0.149 e. The van der Waals surface area contributed by atoms with Crippen LogP contribution in [0.4, 0.5) is 11.5 Å². The van der Waals surface area contributed by atoms with Gasteiger partial charge in [-0.1, -0.05) is 0 Å². The Morgan fingerprint density at radius 1 is 1.41 bits per heavy atom. The van der Waals surface area contributed by atoms with Gasteiger partial charge in [0.1, 0.15) is 11.6 Å². The van der Waals surface area contributed by atoms with Gasteiger partial charge in [0.25, 0.3) is 0 Å². The molecular weight excluding hydrogens is 358 g/mol. The third-order valence-electron chi connectivity index (χ3n) is 5.29. The van der Waals surface area contributed by atoms with E-state index in [1.54, 1.807) is 18.3 Å². The summed E-state index contributed by atoms with van der Waals surface area (Å²) in [6.45, 7) is 4.81. The molecule has 0 unspecified atom stereocenters. The smallest absolute Gasteiger partial charge is 0.149 e. The van der Waals surface area contributed by atoms with Gasteiger partial charge in [-0.25, -0.2) is 4.98 Å². The van der Waals surface area contributed by atoms with Crippen molar-refractivity contribution >= 4 is 39.5 Å². The number of nitrogens with one attached hydrogen (secondary N) is 1. The summed E-state index contributed by atoms with van der Waals surface area (Å²) >= 11 is 1.56. The van der Waals surface area contributed by atoms with Crippen molar-refractivity contribution in [3.8, 4) is 0 Å². The molecule has 27 heavy (non-hydrogen) atoms. The van der Waals surface area contributed by atoms with Crippen LogP contribution < -0.4 is 10.6 Å². The van der Waals surface area contributed by atoms with Gasteiger partial charge in [0.2, 0.25) is 0 Å². The number of nitrogens with zero attached hydrogens (tertiary/aromatic N) is 3. The molecule has 2 aromatic heterocycles. The van der Waals surface area contributed by atoms with Gasteiger partial charge in [-0.2, -0.15) is 0 Å². The van der Waals surface area contributed by atoms with Crippen molar-refractivity contribution in [1.82, 2.24) is 14.9 Å². The maximum absolute atomic E-state index is 11.7. The van der Waals surface area contributed by atoms with Crippen LogP contribution in [0.5, 0.6) is 0 Å². The van der Waals surface area contributed by atoms with Crippen LogP contribution in [0.15, 0.2) is 35.3 Å². The number of fused-ring (bicyclic) bond motifs is 1. The topological polar surface area (TPSA) is 78.2 Å². The highest BCUT2D eigenvalue weighted by atomic mass is 32.1. The Bertz CT molecular complexity index is 912. The first-order chi connectivity index (χ1) is 13.1. The molecule has 3 N–H and O–H groups in total. The van der Waals surface area contributed by atoms with E-state index in [1.165, 1.54) is 10.9 Å². The number of anilines is 2. The summed E-state index contributed by atoms with van der Waals surface area (Å²) in [5.41, 5.74) is 11.1. The summed E-state index contributed by atoms with van der Waals surface area (Å²) in [7, 11) is 0. The van der Waals surface area contributed by atoms with E-state index in [9.17, 15) is 4.79 Å². The zero-order chi connectivity index (χ0) is 18.8. The van der Waals surface area contributed by atoms with E-state index in [0.717, 1.165) is 49.6 Å². The number of nitrogen functional groups attached to an aromatic ring is 1. The lowest BCUT2D eigenvalue weighted by Gasteiger charge is -2.35. The Balaban J connectivity index is 1.42. The van der Waals surface area contributed by atoms with Crippen LogP contribution in [0.1, 0.15) is 31.2 Å². The first-order valence-electron chi connectivity index (χ1n) is 9.31. The number of piperidine rings is 1. The van der Waals surface area contributed by atoms with Crippen molar-refractivity contribution in [3.05, 3.63) is 40.8 Å². The molecule has 0 atom stereocenters. The quantitative estimate of drug-likeness (QED) is 0.638. The SMILES string of the molecule is CC(=O)CN(CN1CCC(c2c[nH]c3ccc(N)cc23)CC1)c1cscn1. The number of rotatable bonds is 6. The molecule has 6 nitrogen and oxygen atoms in total. The number of aromatic nitrogens is 2. The minimum Gasteiger partial charge on any atom is -0.399 e. The van der Waals surface area contributed by atoms with E-state index in [-0.39, 0.29) is 5.78 Å². The second kappa shape index (κ2) is 7.70. The number of Topliss-reactive ketones (excluding diaryl/α,β-unsaturated/α-hetero) is 1. The van der Waals surface area contributed by atoms with Crippen LogP contribution in [0.25, 0.3) is 10.9 Å². The molecular formula is C20H25N5OS. The molecule has 1 fully saturated rings. The average molecular weight is 384 g/mol. The fraction of sp³-hybridized carbons (Fsp3) is 0.400. The van der Waals surface area contributed by atoms with Gasteiger partial charge in [0, 0.05) is 41.3 Å². The third kappa shape index (κ3) is 3.99. The number of benzene rings is 1. The van der Waals surface area contributed by atoms with Crippen molar-refractivity contribution in [2.24, 2.45) is 0 Å². The zero-order valence-electron chi connectivity index (χ0n) is 15.5. The number of likely N-dealkylation sites (tertiary alicyclic amines) is 1. The molecule has 0 aliphatic carbocycles. The Kier molecular flexibility index (Phi) is 5.13. The van der Waals surface area contributed by atoms with E-state index in [0.29, 0.717) is 12.5 Å². The normalized spacial score (nSPS) is 16.0. The number of nitrogens with two attached hydrogens (primary N) is 1. The molecule has 0 amide bonds. The molecule has 4 rings (SSSR count). The Hall–Kier alpha value is -2.38. The zero-order valence-corrected chi connectivity index (χ0v) is 16.3. The molecule has 1 aliphatic rings. The predicted octanol–water partition coefficient (Wildman–Crippen LogP) is 3.44. The summed E-state index contributed by atoms with van der Waals surface area (Å²) < 4.78 is 0. The molecule has 3 heterocycles. The minimum atomic E-state index is 0.161. The van der Waals surface area contributed by atoms with Crippen LogP contribution in [0, 0.1) is 0 Å². The lowest BCUT2D eigenvalue weighted by molar-refractivity contribution is -0.115. The fourth-order valence-electron chi connectivity index (χ4n) is 3.96. The maximum atomic E-state index is 11.7. The Morgan fingerprint density at radius 2 is 2.22 bits per heavy atom. The summed E-state index contributed by atoms with van der Waals surface area (Å²) in [6.07, 6.45) is 4.35. The average Bonchev–Trinajstić information content (AvgIpc) is 3.31. The van der Waals surface area contributed by atoms with Crippen LogP contribution >= 0.6 is 11.3 Å². The molecule has 0 saturated carbocycles. The lowest BCUT2D eigenvalue weighted by Crippen LogP contribution is -2.43. The van der Waals surface area contributed by atoms with Gasteiger partial charge < -0.3 is 15.6 Å². The monoisotopic (exact) mass is 383 g/mol. The summed E-state index contributed by atoms with van der Waals surface area (Å²) in [5.74, 6) is 1.59. The van der Waals surface area contributed by atoms with Crippen molar-refractivity contribution in [2.75, 3.05) is 36.9 Å². The van der Waals surface area contributed by atoms with Crippen molar-refractivity contribution in [1.29, 1.82) is 0 Å². The minimum absolute atomic E-state index is 0.161. The molecule has 7 heteroatoms. The second-order valence-corrected chi connectivity index (χ2v) is 8.05.